The van der Waals surface area contributed by atoms with Crippen LogP contribution in [0.3, 0.4) is 0 Å². The summed E-state index contributed by atoms with van der Waals surface area (Å²) in [5, 5.41) is 3.16. The maximum atomic E-state index is 5.53. The first-order chi connectivity index (χ1) is 6.24. The number of hydrogen-bond donors (Lipinski definition) is 1. The maximum absolute atomic E-state index is 5.53. The van der Waals surface area contributed by atoms with Gasteiger partial charge in [-0.15, -0.1) is 0 Å². The third-order valence-corrected chi connectivity index (χ3v) is 2.82. The molecule has 0 saturated carbocycles. The first-order valence-corrected chi connectivity index (χ1v) is 5.18. The van der Waals surface area contributed by atoms with Crippen molar-refractivity contribution in [2.24, 2.45) is 5.92 Å². The highest BCUT2D eigenvalue weighted by atomic mass is 16.5. The monoisotopic (exact) mass is 186 g/mol. The van der Waals surface area contributed by atoms with Gasteiger partial charge in [-0.1, -0.05) is 0 Å². The minimum Gasteiger partial charge on any atom is -0.378 e. The Hall–Kier alpha value is -0.120. The van der Waals surface area contributed by atoms with Gasteiger partial charge in [-0.25, -0.2) is 0 Å². The van der Waals surface area contributed by atoms with Gasteiger partial charge in [0, 0.05) is 26.2 Å². The Bertz CT molecular complexity index is 141. The lowest BCUT2D eigenvalue weighted by Gasteiger charge is -2.22. The molecule has 3 heteroatoms. The SMILES string of the molecule is CNCCN(C)CC1CCOC1C. The third kappa shape index (κ3) is 3.63. The van der Waals surface area contributed by atoms with Crippen molar-refractivity contribution in [2.45, 2.75) is 19.4 Å². The molecular weight excluding hydrogens is 164 g/mol. The van der Waals surface area contributed by atoms with Gasteiger partial charge in [-0.2, -0.15) is 0 Å². The summed E-state index contributed by atoms with van der Waals surface area (Å²) >= 11 is 0. The molecule has 0 bridgehead atoms. The molecule has 3 nitrogen and oxygen atoms in total. The highest BCUT2D eigenvalue weighted by Gasteiger charge is 2.24. The molecule has 0 aromatic carbocycles. The highest BCUT2D eigenvalue weighted by molar-refractivity contribution is 4.75. The van der Waals surface area contributed by atoms with Crippen molar-refractivity contribution in [2.75, 3.05) is 40.3 Å². The van der Waals surface area contributed by atoms with Gasteiger partial charge in [-0.3, -0.25) is 0 Å². The van der Waals surface area contributed by atoms with Crippen molar-refractivity contribution in [3.8, 4) is 0 Å². The van der Waals surface area contributed by atoms with E-state index in [0.717, 1.165) is 25.6 Å². The fourth-order valence-corrected chi connectivity index (χ4v) is 1.81. The van der Waals surface area contributed by atoms with E-state index in [2.05, 4.69) is 24.2 Å². The lowest BCUT2D eigenvalue weighted by Crippen LogP contribution is -2.33. The van der Waals surface area contributed by atoms with E-state index in [1.807, 2.05) is 7.05 Å². The Morgan fingerprint density at radius 2 is 2.31 bits per heavy atom. The smallest absolute Gasteiger partial charge is 0.0588 e. The van der Waals surface area contributed by atoms with Gasteiger partial charge in [0.2, 0.25) is 0 Å². The third-order valence-electron chi connectivity index (χ3n) is 2.82. The van der Waals surface area contributed by atoms with Crippen LogP contribution in [0.2, 0.25) is 0 Å². The highest BCUT2D eigenvalue weighted by Crippen LogP contribution is 2.20. The van der Waals surface area contributed by atoms with Gasteiger partial charge in [0.05, 0.1) is 6.10 Å². The molecule has 1 fully saturated rings. The number of likely N-dealkylation sites (N-methyl/N-ethyl adjacent to an activating group) is 2. The number of hydrogen-bond acceptors (Lipinski definition) is 3. The lowest BCUT2D eigenvalue weighted by atomic mass is 10.0. The maximum Gasteiger partial charge on any atom is 0.0588 e. The molecule has 1 aliphatic heterocycles. The van der Waals surface area contributed by atoms with Gasteiger partial charge in [-0.05, 0) is 33.4 Å². The Morgan fingerprint density at radius 3 is 2.85 bits per heavy atom. The minimum atomic E-state index is 0.456. The van der Waals surface area contributed by atoms with Gasteiger partial charge in [0.25, 0.3) is 0 Å². The topological polar surface area (TPSA) is 24.5 Å². The van der Waals surface area contributed by atoms with Crippen molar-refractivity contribution in [3.63, 3.8) is 0 Å². The molecule has 1 rings (SSSR count). The van der Waals surface area contributed by atoms with Crippen LogP contribution in [0.5, 0.6) is 0 Å². The molecule has 1 saturated heterocycles. The Morgan fingerprint density at radius 1 is 1.54 bits per heavy atom. The number of nitrogens with one attached hydrogen (secondary N) is 1. The Kier molecular flexibility index (Phi) is 4.70. The van der Waals surface area contributed by atoms with Crippen LogP contribution in [0, 0.1) is 5.92 Å². The van der Waals surface area contributed by atoms with E-state index in [9.17, 15) is 0 Å². The second-order valence-electron chi connectivity index (χ2n) is 3.99. The van der Waals surface area contributed by atoms with E-state index in [-0.39, 0.29) is 0 Å². The molecule has 2 atom stereocenters. The van der Waals surface area contributed by atoms with Crippen molar-refractivity contribution < 1.29 is 4.74 Å². The second-order valence-corrected chi connectivity index (χ2v) is 3.99. The van der Waals surface area contributed by atoms with Gasteiger partial charge >= 0.3 is 0 Å². The van der Waals surface area contributed by atoms with Crippen molar-refractivity contribution in [1.29, 1.82) is 0 Å². The van der Waals surface area contributed by atoms with Crippen LogP contribution >= 0.6 is 0 Å². The first kappa shape index (κ1) is 11.0. The zero-order valence-corrected chi connectivity index (χ0v) is 9.05. The van der Waals surface area contributed by atoms with E-state index in [1.165, 1.54) is 13.0 Å². The van der Waals surface area contributed by atoms with Crippen LogP contribution in [-0.2, 0) is 4.74 Å². The summed E-state index contributed by atoms with van der Waals surface area (Å²) in [7, 11) is 4.18. The predicted octanol–water partition coefficient (Wildman–Crippen LogP) is 0.563. The van der Waals surface area contributed by atoms with Crippen LogP contribution in [0.25, 0.3) is 0 Å². The van der Waals surface area contributed by atoms with E-state index >= 15 is 0 Å². The number of ether oxygens (including phenoxy) is 1. The van der Waals surface area contributed by atoms with Crippen LogP contribution < -0.4 is 5.32 Å². The van der Waals surface area contributed by atoms with E-state index in [4.69, 9.17) is 4.74 Å². The molecule has 78 valence electrons. The average Bonchev–Trinajstić information content (AvgIpc) is 2.48. The summed E-state index contributed by atoms with van der Waals surface area (Å²) in [4.78, 5) is 2.38. The molecule has 2 unspecified atom stereocenters. The first-order valence-electron chi connectivity index (χ1n) is 5.18. The molecule has 0 aliphatic carbocycles. The summed E-state index contributed by atoms with van der Waals surface area (Å²) in [6.45, 7) is 6.50. The number of nitrogens with zero attached hydrogens (tertiary/aromatic N) is 1. The molecule has 13 heavy (non-hydrogen) atoms. The van der Waals surface area contributed by atoms with Gasteiger partial charge < -0.3 is 15.0 Å². The molecule has 1 aliphatic rings. The Balaban J connectivity index is 2.15. The molecule has 0 amide bonds. The van der Waals surface area contributed by atoms with Crippen LogP contribution in [0.1, 0.15) is 13.3 Å². The summed E-state index contributed by atoms with van der Waals surface area (Å²) in [5.74, 6) is 0.738. The summed E-state index contributed by atoms with van der Waals surface area (Å²) in [5.41, 5.74) is 0. The predicted molar refractivity (Wildman–Crippen MR) is 54.9 cm³/mol. The molecule has 0 radical (unpaired) electrons. The molecule has 1 N–H and O–H groups in total. The molecular formula is C10H22N2O. The molecule has 0 aromatic rings. The lowest BCUT2D eigenvalue weighted by molar-refractivity contribution is 0.0961. The van der Waals surface area contributed by atoms with Crippen LogP contribution in [-0.4, -0.2) is 51.3 Å². The minimum absolute atomic E-state index is 0.456. The van der Waals surface area contributed by atoms with Crippen molar-refractivity contribution >= 4 is 0 Å². The average molecular weight is 186 g/mol. The van der Waals surface area contributed by atoms with E-state index < -0.39 is 0 Å². The normalized spacial score (nSPS) is 28.6. The van der Waals surface area contributed by atoms with Crippen molar-refractivity contribution in [3.05, 3.63) is 0 Å². The van der Waals surface area contributed by atoms with Crippen LogP contribution in [0.15, 0.2) is 0 Å². The zero-order chi connectivity index (χ0) is 9.68. The van der Waals surface area contributed by atoms with Gasteiger partial charge in [0.1, 0.15) is 0 Å². The summed E-state index contributed by atoms with van der Waals surface area (Å²) in [6, 6.07) is 0. The molecule has 1 heterocycles. The van der Waals surface area contributed by atoms with Crippen molar-refractivity contribution in [1.82, 2.24) is 10.2 Å². The number of rotatable bonds is 5. The largest absolute Gasteiger partial charge is 0.378 e. The zero-order valence-electron chi connectivity index (χ0n) is 9.05. The summed E-state index contributed by atoms with van der Waals surface area (Å²) in [6.07, 6.45) is 1.68. The van der Waals surface area contributed by atoms with Crippen LogP contribution in [0.4, 0.5) is 0 Å². The quantitative estimate of drug-likeness (QED) is 0.679. The summed E-state index contributed by atoms with van der Waals surface area (Å²) < 4.78 is 5.53. The van der Waals surface area contributed by atoms with E-state index in [0.29, 0.717) is 6.10 Å². The fraction of sp³-hybridized carbons (Fsp3) is 1.00. The molecule has 0 spiro atoms. The second kappa shape index (κ2) is 5.58. The Labute approximate surface area is 81.4 Å². The fourth-order valence-electron chi connectivity index (χ4n) is 1.81. The van der Waals surface area contributed by atoms with Gasteiger partial charge in [0.15, 0.2) is 0 Å². The standard InChI is InChI=1S/C10H22N2O/c1-9-10(4-7-13-9)8-12(3)6-5-11-2/h9-11H,4-8H2,1-3H3. The van der Waals surface area contributed by atoms with E-state index in [1.54, 1.807) is 0 Å². The molecule has 0 aromatic heterocycles.